The molecule has 6 rings (SSSR count). The Labute approximate surface area is 415 Å². The lowest BCUT2D eigenvalue weighted by molar-refractivity contribution is 0.218. The fourth-order valence-electron chi connectivity index (χ4n) is 15.4. The molecule has 6 saturated carbocycles. The highest BCUT2D eigenvalue weighted by atomic mass is 31.1. The zero-order chi connectivity index (χ0) is 49.3. The van der Waals surface area contributed by atoms with Crippen LogP contribution in [0.1, 0.15) is 240 Å². The normalized spacial score (nSPS) is 40.2. The second-order valence-corrected chi connectivity index (χ2v) is 33.6. The molecule has 0 aromatic heterocycles. The largest absolute Gasteiger partial charge is 0.345 e. The van der Waals surface area contributed by atoms with Gasteiger partial charge in [-0.25, -0.2) is 0 Å². The topological polar surface area (TPSA) is 51.2 Å². The maximum atomic E-state index is 13.6. The van der Waals surface area contributed by atoms with E-state index < -0.39 is 23.4 Å². The molecule has 3 nitrogen and oxygen atoms in total. The fourth-order valence-corrected chi connectivity index (χ4v) is 25.5. The summed E-state index contributed by atoms with van der Waals surface area (Å²) in [5, 5.41) is 0. The third kappa shape index (κ3) is 16.2. The van der Waals surface area contributed by atoms with Gasteiger partial charge in [0.05, 0.1) is 0 Å². The number of rotatable bonds is 12. The van der Waals surface area contributed by atoms with Crippen molar-refractivity contribution in [1.82, 2.24) is 0 Å². The van der Waals surface area contributed by atoms with Crippen molar-refractivity contribution in [3.8, 4) is 0 Å². The van der Waals surface area contributed by atoms with E-state index >= 15 is 0 Å². The molecule has 0 aliphatic heterocycles. The lowest BCUT2D eigenvalue weighted by Crippen LogP contribution is -2.36. The van der Waals surface area contributed by atoms with E-state index in [1.54, 1.807) is 0 Å². The van der Waals surface area contributed by atoms with E-state index in [-0.39, 0.29) is 0 Å². The molecule has 0 aromatic rings. The monoisotopic (exact) mass is 976 g/mol. The second kappa shape index (κ2) is 27.4. The van der Waals surface area contributed by atoms with E-state index in [9.17, 15) is 13.7 Å². The van der Waals surface area contributed by atoms with Gasteiger partial charge in [0, 0.05) is 35.5 Å². The van der Waals surface area contributed by atoms with Crippen LogP contribution in [-0.2, 0) is 13.7 Å². The van der Waals surface area contributed by atoms with Gasteiger partial charge in [-0.2, -0.15) is 0 Å². The van der Waals surface area contributed by atoms with Gasteiger partial charge < -0.3 is 0 Å². The number of hydrogen-bond acceptors (Lipinski definition) is 3. The van der Waals surface area contributed by atoms with Crippen LogP contribution in [0.15, 0.2) is 0 Å². The van der Waals surface area contributed by atoms with Gasteiger partial charge >= 0.3 is 23.4 Å². The zero-order valence-corrected chi connectivity index (χ0v) is 49.8. The van der Waals surface area contributed by atoms with Crippen LogP contribution in [0, 0.1) is 107 Å². The molecule has 0 saturated heterocycles. The van der Waals surface area contributed by atoms with E-state index in [0.29, 0.717) is 105 Å². The minimum absolute atomic E-state index is 0.496. The maximum absolute atomic E-state index is 13.6. The molecular weight excluding hydrogens is 862 g/mol. The molecule has 0 heterocycles. The van der Waals surface area contributed by atoms with Crippen molar-refractivity contribution in [3.63, 3.8) is 0 Å². The Hall–Kier alpha value is 0.300. The molecule has 18 atom stereocenters. The molecule has 6 aliphatic carbocycles. The smallest absolute Gasteiger partial charge is 0.0742 e. The van der Waals surface area contributed by atoms with E-state index in [1.807, 2.05) is 0 Å². The summed E-state index contributed by atoms with van der Waals surface area (Å²) in [6.45, 7) is 42.4. The van der Waals surface area contributed by atoms with E-state index in [0.717, 1.165) is 35.5 Å². The Morgan fingerprint density at radius 1 is 0.242 bits per heavy atom. The molecule has 6 heteroatoms. The standard InChI is InChI=1S/3C20H38OP/c3*1-13(2)17-9-7-15(5)11-19(17)22(21)20-12-16(6)8-10-18(20)14(3)4/h3*13-20H,7-12H2,1-6H3/q3*+1/t3*15-,16-,17+,18+,19-,20-/m111/s1. The average Bonchev–Trinajstić information content (AvgIpc) is 3.25. The molecule has 384 valence electrons. The predicted molar refractivity (Wildman–Crippen MR) is 294 cm³/mol. The molecule has 0 spiro atoms. The second-order valence-electron chi connectivity index (χ2n) is 27.4. The molecule has 6 aliphatic rings. The molecule has 0 bridgehead atoms. The van der Waals surface area contributed by atoms with Gasteiger partial charge in [0.15, 0.2) is 34.0 Å². The van der Waals surface area contributed by atoms with Gasteiger partial charge in [-0.05, 0) is 148 Å². The first-order valence-electron chi connectivity index (χ1n) is 29.3. The van der Waals surface area contributed by atoms with Crippen LogP contribution in [0.3, 0.4) is 0 Å². The van der Waals surface area contributed by atoms with Crippen LogP contribution in [0.2, 0.25) is 0 Å². The Bertz CT molecular complexity index is 1200. The zero-order valence-electron chi connectivity index (χ0n) is 47.2. The molecule has 0 amide bonds. The predicted octanol–water partition coefficient (Wildman–Crippen LogP) is 20.2. The van der Waals surface area contributed by atoms with Crippen molar-refractivity contribution in [2.75, 3.05) is 0 Å². The lowest BCUT2D eigenvalue weighted by atomic mass is 9.76. The van der Waals surface area contributed by atoms with Crippen molar-refractivity contribution in [3.05, 3.63) is 0 Å². The van der Waals surface area contributed by atoms with E-state index in [4.69, 9.17) is 0 Å². The minimum atomic E-state index is -1.06. The third-order valence-corrected chi connectivity index (χ3v) is 27.4. The summed E-state index contributed by atoms with van der Waals surface area (Å²) in [6, 6.07) is 0. The molecule has 0 aromatic carbocycles. The Kier molecular flexibility index (Phi) is 24.4. The van der Waals surface area contributed by atoms with Gasteiger partial charge in [-0.1, -0.05) is 177 Å². The first-order chi connectivity index (χ1) is 30.9. The Morgan fingerprint density at radius 2 is 0.364 bits per heavy atom. The van der Waals surface area contributed by atoms with Crippen LogP contribution in [0.25, 0.3) is 0 Å². The Balaban J connectivity index is 0.000000216. The third-order valence-electron chi connectivity index (χ3n) is 19.9. The van der Waals surface area contributed by atoms with Crippen LogP contribution < -0.4 is 0 Å². The van der Waals surface area contributed by atoms with Crippen LogP contribution in [0.4, 0.5) is 0 Å². The summed E-state index contributed by atoms with van der Waals surface area (Å²) < 4.78 is 40.9. The Morgan fingerprint density at radius 3 is 0.470 bits per heavy atom. The van der Waals surface area contributed by atoms with Crippen molar-refractivity contribution in [1.29, 1.82) is 0 Å². The number of hydrogen-bond donors (Lipinski definition) is 0. The van der Waals surface area contributed by atoms with E-state index in [2.05, 4.69) is 125 Å². The summed E-state index contributed by atoms with van der Waals surface area (Å²) in [6.07, 6.45) is 23.2. The minimum Gasteiger partial charge on any atom is -0.0742 e. The quantitative estimate of drug-likeness (QED) is 0.183. The molecule has 0 N–H and O–H groups in total. The van der Waals surface area contributed by atoms with E-state index in [1.165, 1.54) is 116 Å². The summed E-state index contributed by atoms with van der Waals surface area (Å²) in [4.78, 5) is 0. The van der Waals surface area contributed by atoms with Gasteiger partial charge in [0.25, 0.3) is 0 Å². The first kappa shape index (κ1) is 58.9. The van der Waals surface area contributed by atoms with Gasteiger partial charge in [0.1, 0.15) is 0 Å². The van der Waals surface area contributed by atoms with Crippen molar-refractivity contribution < 1.29 is 13.7 Å². The summed E-state index contributed by atoms with van der Waals surface area (Å²) in [5.74, 6) is 13.0. The van der Waals surface area contributed by atoms with Crippen LogP contribution >= 0.6 is 23.4 Å². The molecular formula is C60H114O3P3+3. The van der Waals surface area contributed by atoms with Gasteiger partial charge in [-0.3, -0.25) is 0 Å². The van der Waals surface area contributed by atoms with Crippen LogP contribution in [0.5, 0.6) is 0 Å². The van der Waals surface area contributed by atoms with Crippen molar-refractivity contribution >= 4 is 23.4 Å². The van der Waals surface area contributed by atoms with Crippen LogP contribution in [-0.4, -0.2) is 34.0 Å². The highest BCUT2D eigenvalue weighted by molar-refractivity contribution is 7.47. The first-order valence-corrected chi connectivity index (χ1v) is 33.5. The summed E-state index contributed by atoms with van der Waals surface area (Å²) in [7, 11) is -3.19. The molecule has 66 heavy (non-hydrogen) atoms. The highest BCUT2D eigenvalue weighted by Gasteiger charge is 2.54. The highest BCUT2D eigenvalue weighted by Crippen LogP contribution is 2.58. The average molecular weight is 976 g/mol. The molecule has 0 unspecified atom stereocenters. The summed E-state index contributed by atoms with van der Waals surface area (Å²) >= 11 is 0. The molecule has 0 radical (unpaired) electrons. The van der Waals surface area contributed by atoms with Crippen molar-refractivity contribution in [2.24, 2.45) is 107 Å². The van der Waals surface area contributed by atoms with Gasteiger partial charge in [0.2, 0.25) is 0 Å². The SMILES string of the molecule is CC(C)[C@@H]1CC[C@@H](C)C[C@H]1[P+](=O)[C@@H]1C[C@H](C)CC[C@H]1C(C)C.CC(C)[C@@H]1CC[C@@H](C)C[C@H]1[P+](=O)[C@@H]1C[C@H](C)CC[C@H]1C(C)C.CC(C)[C@@H]1CC[C@@H](C)C[C@H]1[P+](=O)[C@@H]1C[C@H](C)CC[C@H]1C(C)C. The van der Waals surface area contributed by atoms with Crippen molar-refractivity contribution in [2.45, 2.75) is 274 Å². The maximum Gasteiger partial charge on any atom is 0.345 e. The fraction of sp³-hybridized carbons (Fsp3) is 1.00. The van der Waals surface area contributed by atoms with Gasteiger partial charge in [-0.15, -0.1) is 0 Å². The summed E-state index contributed by atoms with van der Waals surface area (Å²) in [5.41, 5.74) is 2.97. The molecule has 6 fully saturated rings. The lowest BCUT2D eigenvalue weighted by Gasteiger charge is -2.36.